The van der Waals surface area contributed by atoms with Gasteiger partial charge in [-0.05, 0) is 72.6 Å². The van der Waals surface area contributed by atoms with Crippen LogP contribution in [-0.2, 0) is 12.8 Å². The molecular formula is C28H28F2. The lowest BCUT2D eigenvalue weighted by atomic mass is 9.93. The summed E-state index contributed by atoms with van der Waals surface area (Å²) in [4.78, 5) is 0. The van der Waals surface area contributed by atoms with E-state index in [1.165, 1.54) is 29.3 Å². The Labute approximate surface area is 178 Å². The van der Waals surface area contributed by atoms with Crippen molar-refractivity contribution in [3.8, 4) is 0 Å². The van der Waals surface area contributed by atoms with Crippen LogP contribution in [0, 0.1) is 11.6 Å². The summed E-state index contributed by atoms with van der Waals surface area (Å²) in [5, 5.41) is 0. The third-order valence-electron chi connectivity index (χ3n) is 5.31. The molecule has 3 aromatic carbocycles. The molecule has 0 aliphatic rings. The highest BCUT2D eigenvalue weighted by Gasteiger charge is 2.09. The molecule has 0 nitrogen and oxygen atoms in total. The Kier molecular flexibility index (Phi) is 7.73. The first-order valence-corrected chi connectivity index (χ1v) is 10.5. The summed E-state index contributed by atoms with van der Waals surface area (Å²) in [6, 6.07) is 21.5. The lowest BCUT2D eigenvalue weighted by molar-refractivity contribution is 0.575. The molecule has 0 amide bonds. The lowest BCUT2D eigenvalue weighted by Gasteiger charge is -2.12. The molecule has 0 aromatic heterocycles. The quantitative estimate of drug-likeness (QED) is 0.264. The van der Waals surface area contributed by atoms with Gasteiger partial charge in [-0.15, -0.1) is 0 Å². The molecule has 0 saturated heterocycles. The summed E-state index contributed by atoms with van der Waals surface area (Å²) in [7, 11) is 0. The molecule has 154 valence electrons. The second-order valence-electron chi connectivity index (χ2n) is 7.67. The zero-order valence-corrected chi connectivity index (χ0v) is 17.6. The van der Waals surface area contributed by atoms with Crippen LogP contribution >= 0.6 is 0 Å². The normalized spacial score (nSPS) is 12.7. The molecule has 3 rings (SSSR count). The number of rotatable bonds is 8. The van der Waals surface area contributed by atoms with Crippen molar-refractivity contribution in [2.75, 3.05) is 0 Å². The van der Waals surface area contributed by atoms with E-state index in [9.17, 15) is 8.78 Å². The highest BCUT2D eigenvalue weighted by Crippen LogP contribution is 2.22. The Morgan fingerprint density at radius 3 is 2.13 bits per heavy atom. The standard InChI is InChI=1S/C28H28F2/c1-3-4-6-9-24-19-27(29)26(28(30)20-24)17-16-22-12-14-23(15-13-22)18-21(2)25-10-7-5-8-11-25/h3-5,7-8,10-17,19-21H,6,9,18H2,1-2H3/b4-3+,17-16+. The van der Waals surface area contributed by atoms with Crippen LogP contribution in [-0.4, -0.2) is 0 Å². The summed E-state index contributed by atoms with van der Waals surface area (Å²) in [5.41, 5.74) is 4.17. The van der Waals surface area contributed by atoms with Gasteiger partial charge in [0.05, 0.1) is 0 Å². The van der Waals surface area contributed by atoms with E-state index in [0.29, 0.717) is 17.9 Å². The van der Waals surface area contributed by atoms with Gasteiger partial charge in [0.2, 0.25) is 0 Å². The SMILES string of the molecule is C/C=C/CCc1cc(F)c(/C=C/c2ccc(CC(C)c3ccccc3)cc2)c(F)c1. The predicted octanol–water partition coefficient (Wildman–Crippen LogP) is 7.99. The number of allylic oxidation sites excluding steroid dienone is 2. The van der Waals surface area contributed by atoms with Gasteiger partial charge in [-0.3, -0.25) is 0 Å². The Hall–Kier alpha value is -3.00. The first-order valence-electron chi connectivity index (χ1n) is 10.5. The Bertz CT molecular complexity index is 976. The Morgan fingerprint density at radius 1 is 0.833 bits per heavy atom. The van der Waals surface area contributed by atoms with Gasteiger partial charge in [0.25, 0.3) is 0 Å². The smallest absolute Gasteiger partial charge is 0.133 e. The van der Waals surface area contributed by atoms with Gasteiger partial charge in [0.1, 0.15) is 11.6 Å². The van der Waals surface area contributed by atoms with Crippen molar-refractivity contribution in [2.24, 2.45) is 0 Å². The molecule has 0 spiro atoms. The Morgan fingerprint density at radius 2 is 1.50 bits per heavy atom. The number of hydrogen-bond acceptors (Lipinski definition) is 0. The number of aryl methyl sites for hydroxylation is 1. The van der Waals surface area contributed by atoms with Gasteiger partial charge in [-0.25, -0.2) is 8.78 Å². The molecule has 1 atom stereocenters. The summed E-state index contributed by atoms with van der Waals surface area (Å²) < 4.78 is 28.8. The summed E-state index contributed by atoms with van der Waals surface area (Å²) in [6.07, 6.45) is 9.56. The molecule has 0 aliphatic carbocycles. The van der Waals surface area contributed by atoms with E-state index in [1.807, 2.05) is 37.3 Å². The van der Waals surface area contributed by atoms with Gasteiger partial charge in [0, 0.05) is 5.56 Å². The number of benzene rings is 3. The maximum atomic E-state index is 14.4. The zero-order chi connectivity index (χ0) is 21.3. The minimum absolute atomic E-state index is 0.00607. The molecule has 0 aliphatic heterocycles. The van der Waals surface area contributed by atoms with E-state index in [1.54, 1.807) is 6.08 Å². The average molecular weight is 403 g/mol. The molecule has 30 heavy (non-hydrogen) atoms. The minimum Gasteiger partial charge on any atom is -0.206 e. The fourth-order valence-electron chi connectivity index (χ4n) is 3.55. The summed E-state index contributed by atoms with van der Waals surface area (Å²) in [6.45, 7) is 4.16. The van der Waals surface area contributed by atoms with E-state index in [0.717, 1.165) is 18.4 Å². The van der Waals surface area contributed by atoms with E-state index in [4.69, 9.17) is 0 Å². The van der Waals surface area contributed by atoms with E-state index in [-0.39, 0.29) is 5.56 Å². The van der Waals surface area contributed by atoms with Crippen LogP contribution in [0.5, 0.6) is 0 Å². The molecule has 1 unspecified atom stereocenters. The van der Waals surface area contributed by atoms with Crippen LogP contribution in [0.1, 0.15) is 54.0 Å². The van der Waals surface area contributed by atoms with E-state index >= 15 is 0 Å². The van der Waals surface area contributed by atoms with E-state index in [2.05, 4.69) is 43.3 Å². The van der Waals surface area contributed by atoms with Crippen LogP contribution in [0.25, 0.3) is 12.2 Å². The average Bonchev–Trinajstić information content (AvgIpc) is 2.75. The first-order chi connectivity index (χ1) is 14.6. The van der Waals surface area contributed by atoms with Crippen molar-refractivity contribution in [1.29, 1.82) is 0 Å². The second-order valence-corrected chi connectivity index (χ2v) is 7.67. The largest absolute Gasteiger partial charge is 0.206 e. The van der Waals surface area contributed by atoms with Crippen molar-refractivity contribution >= 4 is 12.2 Å². The van der Waals surface area contributed by atoms with Crippen LogP contribution in [0.3, 0.4) is 0 Å². The topological polar surface area (TPSA) is 0 Å². The van der Waals surface area contributed by atoms with Crippen molar-refractivity contribution in [3.05, 3.63) is 118 Å². The summed E-state index contributed by atoms with van der Waals surface area (Å²) >= 11 is 0. The third-order valence-corrected chi connectivity index (χ3v) is 5.31. The van der Waals surface area contributed by atoms with Crippen molar-refractivity contribution in [3.63, 3.8) is 0 Å². The number of hydrogen-bond donors (Lipinski definition) is 0. The number of halogens is 2. The van der Waals surface area contributed by atoms with Gasteiger partial charge < -0.3 is 0 Å². The Balaban J connectivity index is 1.66. The highest BCUT2D eigenvalue weighted by molar-refractivity contribution is 5.70. The molecule has 0 fully saturated rings. The fraction of sp³-hybridized carbons (Fsp3) is 0.214. The zero-order valence-electron chi connectivity index (χ0n) is 17.6. The van der Waals surface area contributed by atoms with Crippen LogP contribution in [0.4, 0.5) is 8.78 Å². The van der Waals surface area contributed by atoms with Gasteiger partial charge >= 0.3 is 0 Å². The van der Waals surface area contributed by atoms with Crippen LogP contribution in [0.15, 0.2) is 78.9 Å². The maximum absolute atomic E-state index is 14.4. The molecule has 0 N–H and O–H groups in total. The lowest BCUT2D eigenvalue weighted by Crippen LogP contribution is -1.98. The van der Waals surface area contributed by atoms with Gasteiger partial charge in [-0.1, -0.05) is 79.7 Å². The predicted molar refractivity (Wildman–Crippen MR) is 123 cm³/mol. The maximum Gasteiger partial charge on any atom is 0.133 e. The molecular weight excluding hydrogens is 374 g/mol. The van der Waals surface area contributed by atoms with Gasteiger partial charge in [0.15, 0.2) is 0 Å². The van der Waals surface area contributed by atoms with Crippen molar-refractivity contribution < 1.29 is 8.78 Å². The monoisotopic (exact) mass is 402 g/mol. The highest BCUT2D eigenvalue weighted by atomic mass is 19.1. The van der Waals surface area contributed by atoms with E-state index < -0.39 is 11.6 Å². The van der Waals surface area contributed by atoms with Crippen LogP contribution in [0.2, 0.25) is 0 Å². The minimum atomic E-state index is -0.518. The van der Waals surface area contributed by atoms with Crippen molar-refractivity contribution in [1.82, 2.24) is 0 Å². The fourth-order valence-corrected chi connectivity index (χ4v) is 3.55. The third kappa shape index (κ3) is 6.00. The van der Waals surface area contributed by atoms with Gasteiger partial charge in [-0.2, -0.15) is 0 Å². The summed E-state index contributed by atoms with van der Waals surface area (Å²) in [5.74, 6) is -0.604. The molecule has 0 heterocycles. The molecule has 0 bridgehead atoms. The first kappa shape index (κ1) is 21.7. The van der Waals surface area contributed by atoms with Crippen LogP contribution < -0.4 is 0 Å². The van der Waals surface area contributed by atoms with Crippen molar-refractivity contribution in [2.45, 2.75) is 39.0 Å². The second kappa shape index (κ2) is 10.7. The molecule has 0 radical (unpaired) electrons. The molecule has 0 saturated carbocycles. The molecule has 3 aromatic rings. The molecule has 2 heteroatoms.